The van der Waals surface area contributed by atoms with Crippen molar-refractivity contribution in [1.82, 2.24) is 9.88 Å². The summed E-state index contributed by atoms with van der Waals surface area (Å²) < 4.78 is 0. The van der Waals surface area contributed by atoms with E-state index < -0.39 is 5.97 Å². The molecule has 112 valence electrons. The maximum Gasteiger partial charge on any atom is 0.323 e. The van der Waals surface area contributed by atoms with E-state index in [1.165, 1.54) is 16.2 Å². The predicted molar refractivity (Wildman–Crippen MR) is 84.0 cm³/mol. The largest absolute Gasteiger partial charge is 0.480 e. The molecule has 7 heteroatoms. The lowest BCUT2D eigenvalue weighted by atomic mass is 10.2. The minimum absolute atomic E-state index is 0.180. The first-order chi connectivity index (χ1) is 9.90. The van der Waals surface area contributed by atoms with Gasteiger partial charge in [0.05, 0.1) is 10.6 Å². The van der Waals surface area contributed by atoms with Crippen molar-refractivity contribution in [2.75, 3.05) is 6.54 Å². The molecule has 0 unspecified atom stereocenters. The summed E-state index contributed by atoms with van der Waals surface area (Å²) in [5, 5.41) is 11.7. The van der Waals surface area contributed by atoms with Crippen LogP contribution in [0.1, 0.15) is 29.2 Å². The van der Waals surface area contributed by atoms with Gasteiger partial charge >= 0.3 is 5.97 Å². The van der Waals surface area contributed by atoms with Crippen molar-refractivity contribution in [2.45, 2.75) is 26.8 Å². The van der Waals surface area contributed by atoms with Gasteiger partial charge in [0.1, 0.15) is 16.4 Å². The average molecular weight is 324 g/mol. The number of thiazole rings is 1. The predicted octanol–water partition coefficient (Wildman–Crippen LogP) is 3.12. The number of nitrogens with zero attached hydrogens (tertiary/aromatic N) is 2. The van der Waals surface area contributed by atoms with Gasteiger partial charge in [-0.1, -0.05) is 6.07 Å². The summed E-state index contributed by atoms with van der Waals surface area (Å²) in [5.74, 6) is -1.29. The summed E-state index contributed by atoms with van der Waals surface area (Å²) in [6, 6.07) is 3.71. The molecular weight excluding hydrogens is 308 g/mol. The Kier molecular flexibility index (Phi) is 4.74. The lowest BCUT2D eigenvalue weighted by molar-refractivity contribution is -0.138. The highest BCUT2D eigenvalue weighted by atomic mass is 32.1. The molecular formula is C14H16N2O3S2. The third kappa shape index (κ3) is 3.48. The summed E-state index contributed by atoms with van der Waals surface area (Å²) in [4.78, 5) is 30.8. The van der Waals surface area contributed by atoms with Gasteiger partial charge in [0.15, 0.2) is 0 Å². The van der Waals surface area contributed by atoms with Gasteiger partial charge in [0, 0.05) is 6.04 Å². The van der Waals surface area contributed by atoms with E-state index in [1.54, 1.807) is 32.1 Å². The standard InChI is InChI=1S/C14H16N2O3S2/c1-8(2)16(7-11(17)18)14(19)12-9(3)15-13(21-12)10-5-4-6-20-10/h4-6,8H,7H2,1-3H3,(H,17,18). The topological polar surface area (TPSA) is 70.5 Å². The Morgan fingerprint density at radius 1 is 1.43 bits per heavy atom. The number of thiophene rings is 1. The average Bonchev–Trinajstić information content (AvgIpc) is 3.03. The van der Waals surface area contributed by atoms with Crippen molar-refractivity contribution in [3.05, 3.63) is 28.1 Å². The highest BCUT2D eigenvalue weighted by molar-refractivity contribution is 7.22. The van der Waals surface area contributed by atoms with E-state index in [9.17, 15) is 9.59 Å². The second-order valence-electron chi connectivity index (χ2n) is 4.83. The van der Waals surface area contributed by atoms with Crippen LogP contribution in [0.15, 0.2) is 17.5 Å². The third-order valence-corrected chi connectivity index (χ3v) is 5.10. The Hall–Kier alpha value is -1.73. The number of hydrogen-bond acceptors (Lipinski definition) is 5. The summed E-state index contributed by atoms with van der Waals surface area (Å²) >= 11 is 2.88. The third-order valence-electron chi connectivity index (χ3n) is 2.91. The molecule has 0 atom stereocenters. The van der Waals surface area contributed by atoms with Gasteiger partial charge in [-0.05, 0) is 32.2 Å². The molecule has 1 amide bonds. The van der Waals surface area contributed by atoms with E-state index in [4.69, 9.17) is 5.11 Å². The first kappa shape index (κ1) is 15.7. The van der Waals surface area contributed by atoms with Crippen molar-refractivity contribution >= 4 is 34.6 Å². The normalized spacial score (nSPS) is 10.9. The van der Waals surface area contributed by atoms with Gasteiger partial charge in [-0.2, -0.15) is 0 Å². The molecule has 0 saturated heterocycles. The molecule has 0 aromatic carbocycles. The summed E-state index contributed by atoms with van der Waals surface area (Å²) in [5.41, 5.74) is 0.643. The first-order valence-corrected chi connectivity index (χ1v) is 8.13. The van der Waals surface area contributed by atoms with Crippen molar-refractivity contribution < 1.29 is 14.7 Å². The Labute approximate surface area is 130 Å². The summed E-state index contributed by atoms with van der Waals surface area (Å²) in [6.07, 6.45) is 0. The molecule has 0 aliphatic carbocycles. The van der Waals surface area contributed by atoms with Crippen LogP contribution in [0, 0.1) is 6.92 Å². The Morgan fingerprint density at radius 2 is 2.14 bits per heavy atom. The van der Waals surface area contributed by atoms with Crippen LogP contribution in [0.3, 0.4) is 0 Å². The zero-order valence-electron chi connectivity index (χ0n) is 12.0. The van der Waals surface area contributed by atoms with E-state index in [-0.39, 0.29) is 18.5 Å². The zero-order chi connectivity index (χ0) is 15.6. The molecule has 2 aromatic heterocycles. The molecule has 2 heterocycles. The van der Waals surface area contributed by atoms with E-state index in [1.807, 2.05) is 17.5 Å². The van der Waals surface area contributed by atoms with Gasteiger partial charge in [0.25, 0.3) is 5.91 Å². The minimum Gasteiger partial charge on any atom is -0.480 e. The quantitative estimate of drug-likeness (QED) is 0.917. The lowest BCUT2D eigenvalue weighted by Crippen LogP contribution is -2.40. The monoisotopic (exact) mass is 324 g/mol. The minimum atomic E-state index is -1.02. The van der Waals surface area contributed by atoms with Gasteiger partial charge in [0.2, 0.25) is 0 Å². The smallest absolute Gasteiger partial charge is 0.323 e. The van der Waals surface area contributed by atoms with Crippen LogP contribution in [0.4, 0.5) is 0 Å². The van der Waals surface area contributed by atoms with Crippen LogP contribution < -0.4 is 0 Å². The molecule has 0 aliphatic rings. The number of hydrogen-bond donors (Lipinski definition) is 1. The fraction of sp³-hybridized carbons (Fsp3) is 0.357. The number of amides is 1. The molecule has 2 rings (SSSR count). The molecule has 0 fully saturated rings. The number of carbonyl (C=O) groups excluding carboxylic acids is 1. The molecule has 21 heavy (non-hydrogen) atoms. The maximum atomic E-state index is 12.6. The Morgan fingerprint density at radius 3 is 2.67 bits per heavy atom. The molecule has 5 nitrogen and oxygen atoms in total. The second-order valence-corrected chi connectivity index (χ2v) is 6.78. The Bertz CT molecular complexity index is 647. The molecule has 0 saturated carbocycles. The van der Waals surface area contributed by atoms with Crippen LogP contribution >= 0.6 is 22.7 Å². The first-order valence-electron chi connectivity index (χ1n) is 6.44. The highest BCUT2D eigenvalue weighted by Gasteiger charge is 2.25. The number of aliphatic carboxylic acids is 1. The van der Waals surface area contributed by atoms with Crippen LogP contribution in [-0.2, 0) is 4.79 Å². The number of aromatic nitrogens is 1. The molecule has 0 aliphatic heterocycles. The molecule has 1 N–H and O–H groups in total. The van der Waals surface area contributed by atoms with Crippen LogP contribution in [-0.4, -0.2) is 39.5 Å². The summed E-state index contributed by atoms with van der Waals surface area (Å²) in [7, 11) is 0. The maximum absolute atomic E-state index is 12.6. The number of carboxylic acids is 1. The van der Waals surface area contributed by atoms with Gasteiger partial charge in [-0.3, -0.25) is 9.59 Å². The van der Waals surface area contributed by atoms with Crippen molar-refractivity contribution in [3.8, 4) is 9.88 Å². The molecule has 2 aromatic rings. The summed E-state index contributed by atoms with van der Waals surface area (Å²) in [6.45, 7) is 5.08. The molecule has 0 radical (unpaired) electrons. The fourth-order valence-corrected chi connectivity index (χ4v) is 3.68. The Balaban J connectivity index is 2.32. The number of carboxylic acid groups (broad SMARTS) is 1. The van der Waals surface area contributed by atoms with Crippen molar-refractivity contribution in [3.63, 3.8) is 0 Å². The van der Waals surface area contributed by atoms with Crippen molar-refractivity contribution in [1.29, 1.82) is 0 Å². The van der Waals surface area contributed by atoms with E-state index >= 15 is 0 Å². The van der Waals surface area contributed by atoms with Crippen LogP contribution in [0.25, 0.3) is 9.88 Å². The van der Waals surface area contributed by atoms with Gasteiger partial charge < -0.3 is 10.0 Å². The van der Waals surface area contributed by atoms with Crippen molar-refractivity contribution in [2.24, 2.45) is 0 Å². The van der Waals surface area contributed by atoms with Crippen LogP contribution in [0.5, 0.6) is 0 Å². The fourth-order valence-electron chi connectivity index (χ4n) is 1.87. The van der Waals surface area contributed by atoms with E-state index in [0.717, 1.165) is 9.88 Å². The number of rotatable bonds is 5. The van der Waals surface area contributed by atoms with E-state index in [0.29, 0.717) is 10.6 Å². The molecule has 0 spiro atoms. The zero-order valence-corrected chi connectivity index (χ0v) is 13.6. The SMILES string of the molecule is Cc1nc(-c2cccs2)sc1C(=O)N(CC(=O)O)C(C)C. The second kappa shape index (κ2) is 6.36. The van der Waals surface area contributed by atoms with Gasteiger partial charge in [-0.25, -0.2) is 4.98 Å². The molecule has 0 bridgehead atoms. The number of carbonyl (C=O) groups is 2. The van der Waals surface area contributed by atoms with E-state index in [2.05, 4.69) is 4.98 Å². The lowest BCUT2D eigenvalue weighted by Gasteiger charge is -2.24. The highest BCUT2D eigenvalue weighted by Crippen LogP contribution is 2.31. The number of aryl methyl sites for hydroxylation is 1. The van der Waals surface area contributed by atoms with Gasteiger partial charge in [-0.15, -0.1) is 22.7 Å². The van der Waals surface area contributed by atoms with Crippen LogP contribution in [0.2, 0.25) is 0 Å².